The molecule has 1 fully saturated rings. The van der Waals surface area contributed by atoms with Gasteiger partial charge in [-0.3, -0.25) is 14.9 Å². The lowest BCUT2D eigenvalue weighted by Crippen LogP contribution is -2.18. The molecule has 116 valence electrons. The van der Waals surface area contributed by atoms with Crippen molar-refractivity contribution in [3.05, 3.63) is 34.7 Å². The maximum atomic E-state index is 11.4. The fourth-order valence-electron chi connectivity index (χ4n) is 1.67. The largest absolute Gasteiger partial charge is 0.482 e. The molecule has 0 aromatic heterocycles. The number of carbonyl (C=O) groups excluding carboxylic acids is 3. The second-order valence-corrected chi connectivity index (χ2v) is 5.76. The van der Waals surface area contributed by atoms with Gasteiger partial charge in [-0.2, -0.15) is 0 Å². The van der Waals surface area contributed by atoms with E-state index in [2.05, 4.69) is 5.32 Å². The number of esters is 1. The van der Waals surface area contributed by atoms with Crippen LogP contribution in [-0.4, -0.2) is 29.8 Å². The van der Waals surface area contributed by atoms with Crippen LogP contribution in [0.15, 0.2) is 29.2 Å². The topological polar surface area (TPSA) is 81.7 Å². The summed E-state index contributed by atoms with van der Waals surface area (Å²) in [5.41, 5.74) is 0.754. The van der Waals surface area contributed by atoms with Gasteiger partial charge in [-0.15, -0.1) is 0 Å². The molecule has 1 aromatic carbocycles. The minimum atomic E-state index is -0.432. The number of benzene rings is 1. The SMILES string of the molecule is CC(C)OC(=O)COc1ccc(/C=C2/SC(=O)NC2=O)cc1. The predicted molar refractivity (Wildman–Crippen MR) is 82.3 cm³/mol. The molecule has 0 radical (unpaired) electrons. The van der Waals surface area contributed by atoms with Gasteiger partial charge in [0.05, 0.1) is 11.0 Å². The van der Waals surface area contributed by atoms with Crippen molar-refractivity contribution >= 4 is 35.0 Å². The minimum Gasteiger partial charge on any atom is -0.482 e. The summed E-state index contributed by atoms with van der Waals surface area (Å²) in [6, 6.07) is 6.81. The molecule has 1 aromatic rings. The first kappa shape index (κ1) is 16.1. The Labute approximate surface area is 131 Å². The molecule has 1 aliphatic heterocycles. The number of carbonyl (C=O) groups is 3. The number of ether oxygens (including phenoxy) is 2. The first-order chi connectivity index (χ1) is 10.4. The van der Waals surface area contributed by atoms with E-state index in [0.717, 1.165) is 17.3 Å². The Morgan fingerprint density at radius 1 is 1.27 bits per heavy atom. The van der Waals surface area contributed by atoms with E-state index in [0.29, 0.717) is 10.7 Å². The van der Waals surface area contributed by atoms with Crippen molar-refractivity contribution in [2.24, 2.45) is 0 Å². The lowest BCUT2D eigenvalue weighted by molar-refractivity contribution is -0.149. The Balaban J connectivity index is 1.93. The molecular weight excluding hydrogens is 306 g/mol. The van der Waals surface area contributed by atoms with Crippen molar-refractivity contribution in [1.82, 2.24) is 5.32 Å². The summed E-state index contributed by atoms with van der Waals surface area (Å²) in [5.74, 6) is -0.312. The zero-order valence-corrected chi connectivity index (χ0v) is 12.9. The van der Waals surface area contributed by atoms with Crippen molar-refractivity contribution in [2.45, 2.75) is 20.0 Å². The zero-order valence-electron chi connectivity index (χ0n) is 12.1. The highest BCUT2D eigenvalue weighted by atomic mass is 32.2. The highest BCUT2D eigenvalue weighted by molar-refractivity contribution is 8.18. The van der Waals surface area contributed by atoms with E-state index in [4.69, 9.17) is 9.47 Å². The molecule has 0 atom stereocenters. The van der Waals surface area contributed by atoms with Crippen LogP contribution >= 0.6 is 11.8 Å². The molecular formula is C15H15NO5S. The number of hydrogen-bond donors (Lipinski definition) is 1. The summed E-state index contributed by atoms with van der Waals surface area (Å²) in [7, 11) is 0. The summed E-state index contributed by atoms with van der Waals surface area (Å²) in [5, 5.41) is 1.81. The van der Waals surface area contributed by atoms with Gasteiger partial charge in [-0.05, 0) is 49.4 Å². The van der Waals surface area contributed by atoms with Gasteiger partial charge in [0, 0.05) is 0 Å². The third-order valence-corrected chi connectivity index (χ3v) is 3.35. The summed E-state index contributed by atoms with van der Waals surface area (Å²) < 4.78 is 10.3. The molecule has 7 heteroatoms. The molecule has 1 aliphatic rings. The highest BCUT2D eigenvalue weighted by Crippen LogP contribution is 2.26. The molecule has 22 heavy (non-hydrogen) atoms. The van der Waals surface area contributed by atoms with Gasteiger partial charge in [-0.1, -0.05) is 12.1 Å². The molecule has 1 saturated heterocycles. The summed E-state index contributed by atoms with van der Waals surface area (Å²) in [6.45, 7) is 3.37. The molecule has 0 saturated carbocycles. The van der Waals surface area contributed by atoms with E-state index in [9.17, 15) is 14.4 Å². The second-order valence-electron chi connectivity index (χ2n) is 4.75. The van der Waals surface area contributed by atoms with Crippen LogP contribution in [0.25, 0.3) is 6.08 Å². The standard InChI is InChI=1S/C15H15NO5S/c1-9(2)21-13(17)8-20-11-5-3-10(4-6-11)7-12-14(18)16-15(19)22-12/h3-7,9H,8H2,1-2H3,(H,16,18,19)/b12-7+. The van der Waals surface area contributed by atoms with Crippen molar-refractivity contribution in [3.63, 3.8) is 0 Å². The third kappa shape index (κ3) is 4.63. The lowest BCUT2D eigenvalue weighted by Gasteiger charge is -2.09. The van der Waals surface area contributed by atoms with Crippen LogP contribution in [0.2, 0.25) is 0 Å². The number of nitrogens with one attached hydrogen (secondary N) is 1. The second kappa shape index (κ2) is 7.13. The van der Waals surface area contributed by atoms with E-state index in [1.54, 1.807) is 44.2 Å². The third-order valence-electron chi connectivity index (χ3n) is 2.54. The molecule has 0 aliphatic carbocycles. The highest BCUT2D eigenvalue weighted by Gasteiger charge is 2.24. The van der Waals surface area contributed by atoms with Gasteiger partial charge >= 0.3 is 5.97 Å². The van der Waals surface area contributed by atoms with Gasteiger partial charge in [0.15, 0.2) is 6.61 Å². The van der Waals surface area contributed by atoms with Crippen LogP contribution in [0, 0.1) is 0 Å². The molecule has 2 rings (SSSR count). The van der Waals surface area contributed by atoms with Crippen LogP contribution in [-0.2, 0) is 14.3 Å². The number of imide groups is 1. The van der Waals surface area contributed by atoms with Crippen LogP contribution in [0.1, 0.15) is 19.4 Å². The van der Waals surface area contributed by atoms with E-state index < -0.39 is 11.9 Å². The fraction of sp³-hybridized carbons (Fsp3) is 0.267. The summed E-state index contributed by atoms with van der Waals surface area (Å²) in [6.07, 6.45) is 1.43. The molecule has 1 heterocycles. The number of hydrogen-bond acceptors (Lipinski definition) is 6. The lowest BCUT2D eigenvalue weighted by atomic mass is 10.2. The molecule has 2 amide bonds. The first-order valence-electron chi connectivity index (χ1n) is 6.61. The first-order valence-corrected chi connectivity index (χ1v) is 7.43. The van der Waals surface area contributed by atoms with Crippen LogP contribution in [0.4, 0.5) is 4.79 Å². The van der Waals surface area contributed by atoms with E-state index in [-0.39, 0.29) is 18.0 Å². The number of amides is 2. The Hall–Kier alpha value is -2.28. The van der Waals surface area contributed by atoms with Gasteiger partial charge in [0.25, 0.3) is 11.1 Å². The number of thioether (sulfide) groups is 1. The average molecular weight is 321 g/mol. The van der Waals surface area contributed by atoms with E-state index in [1.807, 2.05) is 0 Å². The number of rotatable bonds is 5. The molecule has 0 spiro atoms. The van der Waals surface area contributed by atoms with Crippen molar-refractivity contribution < 1.29 is 23.9 Å². The van der Waals surface area contributed by atoms with Crippen LogP contribution in [0.5, 0.6) is 5.75 Å². The molecule has 1 N–H and O–H groups in total. The van der Waals surface area contributed by atoms with Crippen LogP contribution < -0.4 is 10.1 Å². The van der Waals surface area contributed by atoms with E-state index in [1.165, 1.54) is 0 Å². The van der Waals surface area contributed by atoms with Crippen molar-refractivity contribution in [3.8, 4) is 5.75 Å². The summed E-state index contributed by atoms with van der Waals surface area (Å²) >= 11 is 0.862. The van der Waals surface area contributed by atoms with Gasteiger partial charge in [0.1, 0.15) is 5.75 Å². The quantitative estimate of drug-likeness (QED) is 0.662. The maximum Gasteiger partial charge on any atom is 0.344 e. The molecule has 0 bridgehead atoms. The van der Waals surface area contributed by atoms with Gasteiger partial charge in [0.2, 0.25) is 0 Å². The van der Waals surface area contributed by atoms with E-state index >= 15 is 0 Å². The smallest absolute Gasteiger partial charge is 0.344 e. The normalized spacial score (nSPS) is 16.0. The fourth-order valence-corrected chi connectivity index (χ4v) is 2.35. The van der Waals surface area contributed by atoms with Crippen molar-refractivity contribution in [2.75, 3.05) is 6.61 Å². The zero-order chi connectivity index (χ0) is 16.1. The molecule has 0 unspecified atom stereocenters. The summed E-state index contributed by atoms with van der Waals surface area (Å²) in [4.78, 5) is 34.2. The Morgan fingerprint density at radius 3 is 2.50 bits per heavy atom. The molecule has 6 nitrogen and oxygen atoms in total. The minimum absolute atomic E-state index is 0.161. The Kier molecular flexibility index (Phi) is 5.21. The van der Waals surface area contributed by atoms with Crippen LogP contribution in [0.3, 0.4) is 0 Å². The van der Waals surface area contributed by atoms with Gasteiger partial charge in [-0.25, -0.2) is 4.79 Å². The van der Waals surface area contributed by atoms with Gasteiger partial charge < -0.3 is 9.47 Å². The predicted octanol–water partition coefficient (Wildman–Crippen LogP) is 2.34. The maximum absolute atomic E-state index is 11.4. The Morgan fingerprint density at radius 2 is 1.95 bits per heavy atom. The Bertz CT molecular complexity index is 621. The van der Waals surface area contributed by atoms with Crippen molar-refractivity contribution in [1.29, 1.82) is 0 Å². The average Bonchev–Trinajstić information content (AvgIpc) is 2.75. The monoisotopic (exact) mass is 321 g/mol.